The number of nitrogens with zero attached hydrogens (tertiary/aromatic N) is 2. The highest BCUT2D eigenvalue weighted by molar-refractivity contribution is 7.15. The van der Waals surface area contributed by atoms with E-state index in [0.717, 1.165) is 23.5 Å². The van der Waals surface area contributed by atoms with Gasteiger partial charge in [-0.25, -0.2) is 4.98 Å². The molecule has 140 valence electrons. The first-order chi connectivity index (χ1) is 12.4. The van der Waals surface area contributed by atoms with Gasteiger partial charge in [0.1, 0.15) is 0 Å². The van der Waals surface area contributed by atoms with E-state index >= 15 is 0 Å². The molecular formula is C18H21Cl2N3O2S. The molecule has 0 spiro atoms. The maximum Gasteiger partial charge on any atom is 0.240 e. The van der Waals surface area contributed by atoms with Gasteiger partial charge in [0.15, 0.2) is 5.13 Å². The summed E-state index contributed by atoms with van der Waals surface area (Å²) in [6.07, 6.45) is 2.70. The van der Waals surface area contributed by atoms with Crippen LogP contribution in [0.2, 0.25) is 10.0 Å². The zero-order chi connectivity index (χ0) is 18.7. The molecule has 8 heteroatoms. The van der Waals surface area contributed by atoms with Crippen LogP contribution in [0, 0.1) is 0 Å². The van der Waals surface area contributed by atoms with Crippen molar-refractivity contribution in [1.29, 1.82) is 0 Å². The SMILES string of the molecule is C[C@@H]1CN(CC(=O)Nc2ncc(Cc3ccc(Cl)cc3Cl)s2)C[C@@H](C)O1. The average Bonchev–Trinajstić information content (AvgIpc) is 2.96. The average molecular weight is 414 g/mol. The van der Waals surface area contributed by atoms with Crippen LogP contribution in [0.3, 0.4) is 0 Å². The van der Waals surface area contributed by atoms with Gasteiger partial charge >= 0.3 is 0 Å². The van der Waals surface area contributed by atoms with Gasteiger partial charge in [-0.05, 0) is 31.5 Å². The van der Waals surface area contributed by atoms with E-state index in [1.54, 1.807) is 12.3 Å². The third kappa shape index (κ3) is 5.41. The molecule has 1 saturated heterocycles. The molecule has 0 bridgehead atoms. The molecule has 3 rings (SSSR count). The molecule has 5 nitrogen and oxygen atoms in total. The zero-order valence-corrected chi connectivity index (χ0v) is 17.0. The minimum Gasteiger partial charge on any atom is -0.373 e. The molecule has 1 aromatic heterocycles. The van der Waals surface area contributed by atoms with Crippen LogP contribution < -0.4 is 5.32 Å². The van der Waals surface area contributed by atoms with Crippen molar-refractivity contribution in [3.63, 3.8) is 0 Å². The first-order valence-corrected chi connectivity index (χ1v) is 10.0. The van der Waals surface area contributed by atoms with E-state index in [1.807, 2.05) is 26.0 Å². The summed E-state index contributed by atoms with van der Waals surface area (Å²) in [7, 11) is 0. The van der Waals surface area contributed by atoms with Gasteiger partial charge in [-0.1, -0.05) is 29.3 Å². The molecule has 26 heavy (non-hydrogen) atoms. The number of carbonyl (C=O) groups is 1. The Balaban J connectivity index is 1.55. The number of morpholine rings is 1. The summed E-state index contributed by atoms with van der Waals surface area (Å²) >= 11 is 13.6. The van der Waals surface area contributed by atoms with Crippen molar-refractivity contribution in [2.75, 3.05) is 25.0 Å². The largest absolute Gasteiger partial charge is 0.373 e. The Kier molecular flexibility index (Phi) is 6.53. The maximum absolute atomic E-state index is 12.3. The van der Waals surface area contributed by atoms with Crippen LogP contribution in [-0.4, -0.2) is 47.6 Å². The minimum absolute atomic E-state index is 0.0586. The maximum atomic E-state index is 12.3. The fourth-order valence-electron chi connectivity index (χ4n) is 3.08. The van der Waals surface area contributed by atoms with Crippen molar-refractivity contribution < 1.29 is 9.53 Å². The standard InChI is InChI=1S/C18H21Cl2N3O2S/c1-11-8-23(9-12(2)25-11)10-17(24)22-18-21-7-15(26-18)5-13-3-4-14(19)6-16(13)20/h3-4,6-7,11-12H,5,8-10H2,1-2H3,(H,21,22,24)/t11-,12-/m1/s1. The van der Waals surface area contributed by atoms with Crippen LogP contribution >= 0.6 is 34.5 Å². The van der Waals surface area contributed by atoms with Gasteiger partial charge in [-0.15, -0.1) is 11.3 Å². The Labute approximate surface area is 167 Å². The van der Waals surface area contributed by atoms with Gasteiger partial charge in [0.05, 0.1) is 18.8 Å². The number of aromatic nitrogens is 1. The molecule has 0 aliphatic carbocycles. The Morgan fingerprint density at radius 3 is 2.77 bits per heavy atom. The molecule has 1 aromatic carbocycles. The van der Waals surface area contributed by atoms with Crippen molar-refractivity contribution >= 4 is 45.6 Å². The van der Waals surface area contributed by atoms with E-state index in [1.165, 1.54) is 11.3 Å². The van der Waals surface area contributed by atoms with E-state index in [2.05, 4.69) is 15.2 Å². The number of nitrogens with one attached hydrogen (secondary N) is 1. The lowest BCUT2D eigenvalue weighted by Crippen LogP contribution is -2.48. The molecule has 2 atom stereocenters. The second kappa shape index (κ2) is 8.67. The highest BCUT2D eigenvalue weighted by Gasteiger charge is 2.23. The fraction of sp³-hybridized carbons (Fsp3) is 0.444. The molecule has 0 radical (unpaired) electrons. The number of hydrogen-bond donors (Lipinski definition) is 1. The first-order valence-electron chi connectivity index (χ1n) is 8.45. The third-order valence-electron chi connectivity index (χ3n) is 4.04. The summed E-state index contributed by atoms with van der Waals surface area (Å²) in [6, 6.07) is 5.45. The molecule has 1 fully saturated rings. The summed E-state index contributed by atoms with van der Waals surface area (Å²) in [4.78, 5) is 19.7. The van der Waals surface area contributed by atoms with E-state index < -0.39 is 0 Å². The van der Waals surface area contributed by atoms with Crippen LogP contribution in [0.5, 0.6) is 0 Å². The molecule has 1 N–H and O–H groups in total. The van der Waals surface area contributed by atoms with E-state index in [0.29, 0.717) is 28.1 Å². The van der Waals surface area contributed by atoms with Gasteiger partial charge < -0.3 is 10.1 Å². The van der Waals surface area contributed by atoms with Crippen molar-refractivity contribution in [3.8, 4) is 0 Å². The van der Waals surface area contributed by atoms with Crippen LogP contribution in [0.25, 0.3) is 0 Å². The third-order valence-corrected chi connectivity index (χ3v) is 5.54. The monoisotopic (exact) mass is 413 g/mol. The highest BCUT2D eigenvalue weighted by Crippen LogP contribution is 2.27. The van der Waals surface area contributed by atoms with Gasteiger partial charge in [-0.3, -0.25) is 9.69 Å². The number of hydrogen-bond acceptors (Lipinski definition) is 5. The molecule has 0 unspecified atom stereocenters. The summed E-state index contributed by atoms with van der Waals surface area (Å²) in [6.45, 7) is 5.91. The number of amides is 1. The normalized spacial score (nSPS) is 20.9. The Hall–Kier alpha value is -1.18. The quantitative estimate of drug-likeness (QED) is 0.801. The number of rotatable bonds is 5. The van der Waals surface area contributed by atoms with Crippen LogP contribution in [0.1, 0.15) is 24.3 Å². The molecule has 0 saturated carbocycles. The van der Waals surface area contributed by atoms with Gasteiger partial charge in [0, 0.05) is 40.6 Å². The first kappa shape index (κ1) is 19.6. The molecule has 2 aromatic rings. The minimum atomic E-state index is -0.0586. The predicted molar refractivity (Wildman–Crippen MR) is 106 cm³/mol. The lowest BCUT2D eigenvalue weighted by atomic mass is 10.1. The van der Waals surface area contributed by atoms with Crippen molar-refractivity contribution in [1.82, 2.24) is 9.88 Å². The number of carbonyl (C=O) groups excluding carboxylic acids is 1. The Bertz CT molecular complexity index is 774. The van der Waals surface area contributed by atoms with Crippen molar-refractivity contribution in [3.05, 3.63) is 44.9 Å². The van der Waals surface area contributed by atoms with Crippen LogP contribution in [0.15, 0.2) is 24.4 Å². The summed E-state index contributed by atoms with van der Waals surface area (Å²) in [5.41, 5.74) is 0.980. The fourth-order valence-corrected chi connectivity index (χ4v) is 4.40. The van der Waals surface area contributed by atoms with Gasteiger partial charge in [0.25, 0.3) is 0 Å². The summed E-state index contributed by atoms with van der Waals surface area (Å²) < 4.78 is 5.69. The topological polar surface area (TPSA) is 54.5 Å². The lowest BCUT2D eigenvalue weighted by molar-refractivity contribution is -0.121. The van der Waals surface area contributed by atoms with Crippen LogP contribution in [0.4, 0.5) is 5.13 Å². The second-order valence-electron chi connectivity index (χ2n) is 6.54. The van der Waals surface area contributed by atoms with E-state index in [9.17, 15) is 4.79 Å². The summed E-state index contributed by atoms with van der Waals surface area (Å²) in [5.74, 6) is -0.0586. The van der Waals surface area contributed by atoms with E-state index in [4.69, 9.17) is 27.9 Å². The zero-order valence-electron chi connectivity index (χ0n) is 14.7. The second-order valence-corrected chi connectivity index (χ2v) is 8.50. The molecule has 1 amide bonds. The number of benzene rings is 1. The van der Waals surface area contributed by atoms with Crippen LogP contribution in [-0.2, 0) is 16.0 Å². The number of ether oxygens (including phenoxy) is 1. The highest BCUT2D eigenvalue weighted by atomic mass is 35.5. The Morgan fingerprint density at radius 1 is 1.35 bits per heavy atom. The Morgan fingerprint density at radius 2 is 2.08 bits per heavy atom. The smallest absolute Gasteiger partial charge is 0.240 e. The summed E-state index contributed by atoms with van der Waals surface area (Å²) in [5, 5.41) is 4.73. The van der Waals surface area contributed by atoms with Gasteiger partial charge in [0.2, 0.25) is 5.91 Å². The molecule has 1 aliphatic heterocycles. The van der Waals surface area contributed by atoms with Crippen molar-refractivity contribution in [2.45, 2.75) is 32.5 Å². The van der Waals surface area contributed by atoms with Crippen molar-refractivity contribution in [2.24, 2.45) is 0 Å². The predicted octanol–water partition coefficient (Wildman–Crippen LogP) is 4.09. The number of halogens is 2. The number of anilines is 1. The van der Waals surface area contributed by atoms with Gasteiger partial charge in [-0.2, -0.15) is 0 Å². The molecule has 2 heterocycles. The molecular weight excluding hydrogens is 393 g/mol. The lowest BCUT2D eigenvalue weighted by Gasteiger charge is -2.34. The van der Waals surface area contributed by atoms with E-state index in [-0.39, 0.29) is 18.1 Å². The number of thiazole rings is 1. The molecule has 1 aliphatic rings.